The van der Waals surface area contributed by atoms with E-state index >= 15 is 0 Å². The number of hydrogen-bond acceptors (Lipinski definition) is 3. The fraction of sp³-hybridized carbons (Fsp3) is 0.308. The Morgan fingerprint density at radius 1 is 1.67 bits per heavy atom. The molecule has 1 fully saturated rings. The average Bonchev–Trinajstić information content (AvgIpc) is 3.00. The van der Waals surface area contributed by atoms with Crippen molar-refractivity contribution in [2.75, 3.05) is 6.54 Å². The Morgan fingerprint density at radius 3 is 2.89 bits per heavy atom. The van der Waals surface area contributed by atoms with E-state index in [0.717, 1.165) is 0 Å². The first-order chi connectivity index (χ1) is 8.62. The maximum atomic E-state index is 13.3. The molecule has 0 aliphatic carbocycles. The van der Waals surface area contributed by atoms with E-state index in [2.05, 4.69) is 11.7 Å². The Kier molecular flexibility index (Phi) is 3.52. The molecule has 1 aliphatic heterocycles. The van der Waals surface area contributed by atoms with Gasteiger partial charge in [0.25, 0.3) is 0 Å². The van der Waals surface area contributed by atoms with Crippen LogP contribution in [0.3, 0.4) is 0 Å². The van der Waals surface area contributed by atoms with Crippen LogP contribution in [0.25, 0.3) is 0 Å². The van der Waals surface area contributed by atoms with Gasteiger partial charge in [-0.1, -0.05) is 18.7 Å². The van der Waals surface area contributed by atoms with Gasteiger partial charge < -0.3 is 4.74 Å². The molecule has 2 atom stereocenters. The quantitative estimate of drug-likeness (QED) is 0.343. The summed E-state index contributed by atoms with van der Waals surface area (Å²) in [6, 6.07) is 5.81. The predicted molar refractivity (Wildman–Crippen MR) is 69.8 cm³/mol. The summed E-state index contributed by atoms with van der Waals surface area (Å²) in [5, 5.41) is 5.73. The molecule has 3 nitrogen and oxygen atoms in total. The van der Waals surface area contributed by atoms with E-state index in [1.807, 2.05) is 0 Å². The summed E-state index contributed by atoms with van der Waals surface area (Å²) in [6.45, 7) is 5.88. The van der Waals surface area contributed by atoms with Gasteiger partial charge in [0, 0.05) is 12.4 Å². The first-order valence-corrected chi connectivity index (χ1v) is 5.69. The summed E-state index contributed by atoms with van der Waals surface area (Å²) in [5.74, 6) is -0.307. The highest BCUT2D eigenvalue weighted by Crippen LogP contribution is 2.45. The van der Waals surface area contributed by atoms with Crippen LogP contribution in [-0.4, -0.2) is 31.6 Å². The van der Waals surface area contributed by atoms with Crippen LogP contribution in [-0.2, 0) is 10.3 Å². The van der Waals surface area contributed by atoms with Gasteiger partial charge in [0.05, 0.1) is 12.5 Å². The number of epoxide rings is 1. The third kappa shape index (κ3) is 2.31. The molecule has 1 heterocycles. The highest BCUT2D eigenvalue weighted by atomic mass is 19.1. The van der Waals surface area contributed by atoms with Gasteiger partial charge in [0.2, 0.25) is 0 Å². The SMILES string of the molecule is [B]C1OC1(CN(C=C)/N=C\C)c1cccc(F)c1. The summed E-state index contributed by atoms with van der Waals surface area (Å²) in [7, 11) is 5.83. The molecule has 0 N–H and O–H groups in total. The Morgan fingerprint density at radius 2 is 2.39 bits per heavy atom. The van der Waals surface area contributed by atoms with Crippen LogP contribution in [0.2, 0.25) is 0 Å². The van der Waals surface area contributed by atoms with Crippen LogP contribution in [0, 0.1) is 5.82 Å². The molecule has 92 valence electrons. The van der Waals surface area contributed by atoms with Crippen molar-refractivity contribution in [3.05, 3.63) is 48.4 Å². The van der Waals surface area contributed by atoms with Crippen molar-refractivity contribution in [2.24, 2.45) is 5.10 Å². The minimum absolute atomic E-state index is 0.307. The second-order valence-corrected chi connectivity index (χ2v) is 4.09. The topological polar surface area (TPSA) is 28.1 Å². The van der Waals surface area contributed by atoms with Crippen molar-refractivity contribution in [3.8, 4) is 0 Å². The molecule has 0 bridgehead atoms. The number of halogens is 1. The zero-order chi connectivity index (χ0) is 13.2. The summed E-state index contributed by atoms with van der Waals surface area (Å²) >= 11 is 0. The smallest absolute Gasteiger partial charge is 0.130 e. The Labute approximate surface area is 107 Å². The van der Waals surface area contributed by atoms with Crippen molar-refractivity contribution >= 4 is 14.1 Å². The minimum Gasteiger partial charge on any atom is -0.370 e. The molecular weight excluding hydrogens is 230 g/mol. The highest BCUT2D eigenvalue weighted by molar-refractivity contribution is 6.13. The number of hydrogen-bond donors (Lipinski definition) is 0. The Hall–Kier alpha value is -1.62. The zero-order valence-electron chi connectivity index (χ0n) is 10.2. The van der Waals surface area contributed by atoms with Crippen molar-refractivity contribution in [1.82, 2.24) is 5.01 Å². The summed E-state index contributed by atoms with van der Waals surface area (Å²) in [5.41, 5.74) is 0.0103. The number of benzene rings is 1. The molecule has 0 spiro atoms. The molecule has 1 saturated heterocycles. The maximum absolute atomic E-state index is 13.3. The first-order valence-electron chi connectivity index (χ1n) is 5.69. The molecule has 1 aromatic rings. The summed E-state index contributed by atoms with van der Waals surface area (Å²) in [6.07, 6.45) is 3.23. The zero-order valence-corrected chi connectivity index (χ0v) is 10.2. The minimum atomic E-state index is -0.706. The first kappa shape index (κ1) is 12.8. The van der Waals surface area contributed by atoms with Gasteiger partial charge in [0.1, 0.15) is 19.3 Å². The lowest BCUT2D eigenvalue weighted by Gasteiger charge is -2.20. The van der Waals surface area contributed by atoms with E-state index in [-0.39, 0.29) is 5.82 Å². The average molecular weight is 244 g/mol. The van der Waals surface area contributed by atoms with Crippen LogP contribution in [0.4, 0.5) is 4.39 Å². The normalized spacial score (nSPS) is 26.2. The number of ether oxygens (including phenoxy) is 1. The Balaban J connectivity index is 2.24. The predicted octanol–water partition coefficient (Wildman–Crippen LogP) is 2.00. The second-order valence-electron chi connectivity index (χ2n) is 4.09. The molecule has 2 radical (unpaired) electrons. The van der Waals surface area contributed by atoms with Crippen molar-refractivity contribution in [1.29, 1.82) is 0 Å². The van der Waals surface area contributed by atoms with Crippen LogP contribution < -0.4 is 0 Å². The molecule has 1 aliphatic rings. The summed E-state index contributed by atoms with van der Waals surface area (Å²) in [4.78, 5) is 0. The van der Waals surface area contributed by atoms with Gasteiger partial charge in [0.15, 0.2) is 0 Å². The lowest BCUT2D eigenvalue weighted by atomic mass is 9.85. The molecule has 1 aromatic carbocycles. The number of rotatable bonds is 5. The fourth-order valence-electron chi connectivity index (χ4n) is 1.94. The van der Waals surface area contributed by atoms with Gasteiger partial charge in [-0.25, -0.2) is 4.39 Å². The van der Waals surface area contributed by atoms with E-state index < -0.39 is 11.6 Å². The molecule has 0 aromatic heterocycles. The van der Waals surface area contributed by atoms with Gasteiger partial charge in [-0.05, 0) is 24.6 Å². The third-order valence-corrected chi connectivity index (χ3v) is 2.92. The summed E-state index contributed by atoms with van der Waals surface area (Å²) < 4.78 is 18.7. The van der Waals surface area contributed by atoms with Crippen LogP contribution >= 0.6 is 0 Å². The van der Waals surface area contributed by atoms with Gasteiger partial charge in [-0.2, -0.15) is 5.10 Å². The van der Waals surface area contributed by atoms with Crippen LogP contribution in [0.5, 0.6) is 0 Å². The molecule has 2 unspecified atom stereocenters. The molecule has 0 saturated carbocycles. The van der Waals surface area contributed by atoms with E-state index in [1.165, 1.54) is 12.1 Å². The molecule has 0 amide bonds. The third-order valence-electron chi connectivity index (χ3n) is 2.92. The molecule has 2 rings (SSSR count). The van der Waals surface area contributed by atoms with Crippen LogP contribution in [0.1, 0.15) is 12.5 Å². The van der Waals surface area contributed by atoms with Gasteiger partial charge in [-0.15, -0.1) is 0 Å². The Bertz CT molecular complexity index is 480. The van der Waals surface area contributed by atoms with E-state index in [1.54, 1.807) is 36.5 Å². The van der Waals surface area contributed by atoms with Crippen molar-refractivity contribution in [3.63, 3.8) is 0 Å². The fourth-order valence-corrected chi connectivity index (χ4v) is 1.94. The molecular formula is C13H14BFN2O. The lowest BCUT2D eigenvalue weighted by molar-refractivity contribution is 0.234. The van der Waals surface area contributed by atoms with E-state index in [0.29, 0.717) is 12.1 Å². The lowest BCUT2D eigenvalue weighted by Crippen LogP contribution is -2.28. The van der Waals surface area contributed by atoms with Crippen molar-refractivity contribution in [2.45, 2.75) is 18.5 Å². The second kappa shape index (κ2) is 4.94. The molecule has 5 heteroatoms. The van der Waals surface area contributed by atoms with Crippen LogP contribution in [0.15, 0.2) is 42.1 Å². The number of hydrazone groups is 1. The molecule has 18 heavy (non-hydrogen) atoms. The van der Waals surface area contributed by atoms with E-state index in [4.69, 9.17) is 12.6 Å². The van der Waals surface area contributed by atoms with Crippen molar-refractivity contribution < 1.29 is 9.13 Å². The van der Waals surface area contributed by atoms with Gasteiger partial charge in [-0.3, -0.25) is 5.01 Å². The number of nitrogens with zero attached hydrogens (tertiary/aromatic N) is 2. The highest BCUT2D eigenvalue weighted by Gasteiger charge is 2.55. The van der Waals surface area contributed by atoms with Gasteiger partial charge >= 0.3 is 0 Å². The maximum Gasteiger partial charge on any atom is 0.130 e. The monoisotopic (exact) mass is 244 g/mol. The standard InChI is InChI=1S/C13H14BFN2O/c1-3-16-17(4-2)9-13(12(14)18-13)10-6-5-7-11(15)8-10/h3-8,12H,2,9H2,1H3/b16-3-. The largest absolute Gasteiger partial charge is 0.370 e. The van der Waals surface area contributed by atoms with E-state index in [9.17, 15) is 4.39 Å².